The molecule has 1 N–H and O–H groups in total. The number of hydrogen-bond donors (Lipinski definition) is 1. The number of ether oxygens (including phenoxy) is 1. The van der Waals surface area contributed by atoms with Crippen molar-refractivity contribution in [1.82, 2.24) is 0 Å². The molecular weight excluding hydrogens is 409 g/mol. The number of carbonyl (C=O) groups is 1. The van der Waals surface area contributed by atoms with Gasteiger partial charge in [0, 0.05) is 29.3 Å². The Labute approximate surface area is 171 Å². The number of carboxylic acids is 1. The molecule has 0 unspecified atom stereocenters. The first kappa shape index (κ1) is 20.6. The van der Waals surface area contributed by atoms with Gasteiger partial charge in [-0.3, -0.25) is 4.79 Å². The highest BCUT2D eigenvalue weighted by Gasteiger charge is 2.39. The highest BCUT2D eigenvalue weighted by Crippen LogP contribution is 2.44. The van der Waals surface area contributed by atoms with Crippen molar-refractivity contribution < 1.29 is 23.4 Å². The highest BCUT2D eigenvalue weighted by atomic mass is 35.5. The van der Waals surface area contributed by atoms with Crippen LogP contribution in [-0.2, 0) is 11.2 Å². The molecule has 2 aromatic rings. The fraction of sp³-hybridized carbons (Fsp3) is 0.286. The lowest BCUT2D eigenvalue weighted by Gasteiger charge is -2.11. The van der Waals surface area contributed by atoms with Crippen LogP contribution in [0.1, 0.15) is 30.4 Å². The van der Waals surface area contributed by atoms with Crippen LogP contribution in [0.2, 0.25) is 10.0 Å². The van der Waals surface area contributed by atoms with E-state index < -0.39 is 11.9 Å². The Balaban J connectivity index is 1.74. The predicted molar refractivity (Wildman–Crippen MR) is 105 cm³/mol. The standard InChI is InChI=1S/C21H18Cl2F2O3/c22-16-5-1-13(2-6-16)18-11-21(24,25)10-15(18)12-28-17-7-3-14(19(23)9-17)4-8-20(26)27/h1-3,5-7,9H,4,8,10-12H2,(H,26,27). The molecule has 0 spiro atoms. The fourth-order valence-electron chi connectivity index (χ4n) is 3.19. The Kier molecular flexibility index (Phi) is 6.26. The van der Waals surface area contributed by atoms with E-state index in [1.165, 1.54) is 0 Å². The van der Waals surface area contributed by atoms with E-state index in [2.05, 4.69) is 0 Å². The smallest absolute Gasteiger partial charge is 0.303 e. The first-order chi connectivity index (χ1) is 13.2. The van der Waals surface area contributed by atoms with Gasteiger partial charge in [0.1, 0.15) is 12.4 Å². The SMILES string of the molecule is O=C(O)CCc1ccc(OCC2=C(c3ccc(Cl)cc3)CC(F)(F)C2)cc1Cl. The summed E-state index contributed by atoms with van der Waals surface area (Å²) in [6.45, 7) is 0.0261. The molecule has 0 saturated carbocycles. The van der Waals surface area contributed by atoms with E-state index >= 15 is 0 Å². The first-order valence-electron chi connectivity index (χ1n) is 8.71. The minimum absolute atomic E-state index is 0.0215. The second kappa shape index (κ2) is 8.50. The zero-order valence-corrected chi connectivity index (χ0v) is 16.4. The summed E-state index contributed by atoms with van der Waals surface area (Å²) in [6.07, 6.45) is -0.392. The van der Waals surface area contributed by atoms with Gasteiger partial charge in [-0.05, 0) is 53.0 Å². The van der Waals surface area contributed by atoms with E-state index in [0.29, 0.717) is 44.5 Å². The van der Waals surface area contributed by atoms with Crippen molar-refractivity contribution >= 4 is 34.7 Å². The summed E-state index contributed by atoms with van der Waals surface area (Å²) in [6, 6.07) is 11.7. The third-order valence-electron chi connectivity index (χ3n) is 4.57. The van der Waals surface area contributed by atoms with Crippen LogP contribution in [0.4, 0.5) is 8.78 Å². The number of aliphatic carboxylic acids is 1. The van der Waals surface area contributed by atoms with Gasteiger partial charge in [0.25, 0.3) is 5.92 Å². The second-order valence-electron chi connectivity index (χ2n) is 6.73. The van der Waals surface area contributed by atoms with Crippen LogP contribution in [0.25, 0.3) is 5.57 Å². The largest absolute Gasteiger partial charge is 0.489 e. The molecule has 0 radical (unpaired) electrons. The minimum Gasteiger partial charge on any atom is -0.489 e. The molecule has 148 valence electrons. The number of aryl methyl sites for hydroxylation is 1. The van der Waals surface area contributed by atoms with E-state index in [9.17, 15) is 13.6 Å². The van der Waals surface area contributed by atoms with Crippen molar-refractivity contribution in [3.8, 4) is 5.75 Å². The summed E-state index contributed by atoms with van der Waals surface area (Å²) in [5, 5.41) is 9.70. The molecule has 0 heterocycles. The molecular formula is C21H18Cl2F2O3. The number of halogens is 4. The van der Waals surface area contributed by atoms with Crippen molar-refractivity contribution in [2.75, 3.05) is 6.61 Å². The summed E-state index contributed by atoms with van der Waals surface area (Å²) in [5.74, 6) is -3.26. The predicted octanol–water partition coefficient (Wildman–Crippen LogP) is 6.27. The quantitative estimate of drug-likeness (QED) is 0.567. The van der Waals surface area contributed by atoms with Gasteiger partial charge in [-0.15, -0.1) is 0 Å². The van der Waals surface area contributed by atoms with Crippen LogP contribution >= 0.6 is 23.2 Å². The van der Waals surface area contributed by atoms with E-state index in [1.807, 2.05) is 0 Å². The molecule has 0 bridgehead atoms. The lowest BCUT2D eigenvalue weighted by Crippen LogP contribution is -2.11. The van der Waals surface area contributed by atoms with Gasteiger partial charge in [0.15, 0.2) is 0 Å². The molecule has 0 amide bonds. The van der Waals surface area contributed by atoms with E-state index in [-0.39, 0.29) is 25.9 Å². The molecule has 28 heavy (non-hydrogen) atoms. The third-order valence-corrected chi connectivity index (χ3v) is 5.18. The minimum atomic E-state index is -2.80. The maximum absolute atomic E-state index is 14.0. The van der Waals surface area contributed by atoms with Crippen LogP contribution in [-0.4, -0.2) is 23.6 Å². The number of benzene rings is 2. The summed E-state index contributed by atoms with van der Waals surface area (Å²) < 4.78 is 33.7. The zero-order valence-electron chi connectivity index (χ0n) is 14.9. The summed E-state index contributed by atoms with van der Waals surface area (Å²) >= 11 is 12.1. The average molecular weight is 427 g/mol. The van der Waals surface area contributed by atoms with Crippen molar-refractivity contribution in [2.45, 2.75) is 31.6 Å². The molecule has 0 fully saturated rings. The molecule has 1 aliphatic carbocycles. The zero-order chi connectivity index (χ0) is 20.3. The molecule has 3 rings (SSSR count). The van der Waals surface area contributed by atoms with Gasteiger partial charge in [0.05, 0.1) is 0 Å². The van der Waals surface area contributed by atoms with Gasteiger partial charge in [-0.2, -0.15) is 0 Å². The summed E-state index contributed by atoms with van der Waals surface area (Å²) in [4.78, 5) is 10.7. The maximum atomic E-state index is 14.0. The third kappa shape index (κ3) is 5.24. The first-order valence-corrected chi connectivity index (χ1v) is 9.47. The maximum Gasteiger partial charge on any atom is 0.303 e. The van der Waals surface area contributed by atoms with Gasteiger partial charge in [-0.1, -0.05) is 41.4 Å². The summed E-state index contributed by atoms with van der Waals surface area (Å²) in [7, 11) is 0. The molecule has 0 saturated heterocycles. The number of hydrogen-bond acceptors (Lipinski definition) is 2. The lowest BCUT2D eigenvalue weighted by atomic mass is 10.0. The van der Waals surface area contributed by atoms with Crippen molar-refractivity contribution in [2.24, 2.45) is 0 Å². The van der Waals surface area contributed by atoms with Crippen LogP contribution < -0.4 is 4.74 Å². The molecule has 0 aromatic heterocycles. The van der Waals surface area contributed by atoms with E-state index in [4.69, 9.17) is 33.0 Å². The van der Waals surface area contributed by atoms with Gasteiger partial charge in [-0.25, -0.2) is 8.78 Å². The second-order valence-corrected chi connectivity index (χ2v) is 7.58. The molecule has 2 aromatic carbocycles. The average Bonchev–Trinajstić information content (AvgIpc) is 2.94. The van der Waals surface area contributed by atoms with Crippen molar-refractivity contribution in [3.63, 3.8) is 0 Å². The Morgan fingerprint density at radius 2 is 1.82 bits per heavy atom. The van der Waals surface area contributed by atoms with Gasteiger partial charge in [0.2, 0.25) is 0 Å². The molecule has 0 atom stereocenters. The Hall–Kier alpha value is -2.11. The molecule has 1 aliphatic rings. The van der Waals surface area contributed by atoms with E-state index in [1.54, 1.807) is 42.5 Å². The number of allylic oxidation sites excluding steroid dienone is 1. The van der Waals surface area contributed by atoms with E-state index in [0.717, 1.165) is 0 Å². The number of carboxylic acid groups (broad SMARTS) is 1. The normalized spacial score (nSPS) is 15.7. The monoisotopic (exact) mass is 426 g/mol. The lowest BCUT2D eigenvalue weighted by molar-refractivity contribution is -0.136. The van der Waals surface area contributed by atoms with Crippen molar-refractivity contribution in [3.05, 3.63) is 69.2 Å². The molecule has 7 heteroatoms. The van der Waals surface area contributed by atoms with Crippen molar-refractivity contribution in [1.29, 1.82) is 0 Å². The Bertz CT molecular complexity index is 908. The topological polar surface area (TPSA) is 46.5 Å². The fourth-order valence-corrected chi connectivity index (χ4v) is 3.58. The Morgan fingerprint density at radius 1 is 1.11 bits per heavy atom. The molecule has 0 aliphatic heterocycles. The number of alkyl halides is 2. The van der Waals surface area contributed by atoms with Gasteiger partial charge >= 0.3 is 5.97 Å². The number of rotatable bonds is 7. The molecule has 3 nitrogen and oxygen atoms in total. The van der Waals surface area contributed by atoms with Crippen LogP contribution in [0.5, 0.6) is 5.75 Å². The van der Waals surface area contributed by atoms with Crippen LogP contribution in [0.15, 0.2) is 48.0 Å². The van der Waals surface area contributed by atoms with Gasteiger partial charge < -0.3 is 9.84 Å². The van der Waals surface area contributed by atoms with Crippen LogP contribution in [0.3, 0.4) is 0 Å². The highest BCUT2D eigenvalue weighted by molar-refractivity contribution is 6.31. The Morgan fingerprint density at radius 3 is 2.46 bits per heavy atom. The summed E-state index contributed by atoms with van der Waals surface area (Å²) in [5.41, 5.74) is 2.52. The van der Waals surface area contributed by atoms with Crippen LogP contribution in [0, 0.1) is 0 Å².